The third-order valence-electron chi connectivity index (χ3n) is 3.81. The lowest BCUT2D eigenvalue weighted by molar-refractivity contribution is -0.385. The summed E-state index contributed by atoms with van der Waals surface area (Å²) in [6, 6.07) is 9.30. The van der Waals surface area contributed by atoms with E-state index in [0.29, 0.717) is 5.56 Å². The third kappa shape index (κ3) is 5.01. The number of nitro groups is 1. The molecule has 150 valence electrons. The summed E-state index contributed by atoms with van der Waals surface area (Å²) in [6.45, 7) is 3.40. The van der Waals surface area contributed by atoms with Crippen molar-refractivity contribution in [1.29, 1.82) is 0 Å². The average molecular weight is 426 g/mol. The van der Waals surface area contributed by atoms with Gasteiger partial charge in [0.25, 0.3) is 15.8 Å². The highest BCUT2D eigenvalue weighted by molar-refractivity contribution is 7.89. The number of sulfonamides is 1. The van der Waals surface area contributed by atoms with Crippen LogP contribution in [-0.4, -0.2) is 35.4 Å². The minimum atomic E-state index is -3.90. The molecule has 0 saturated carbocycles. The Hall–Kier alpha value is -2.60. The molecule has 2 aromatic carbocycles. The van der Waals surface area contributed by atoms with Crippen LogP contribution in [0.15, 0.2) is 64.9 Å². The van der Waals surface area contributed by atoms with Crippen LogP contribution in [0.4, 0.5) is 5.69 Å². The summed E-state index contributed by atoms with van der Waals surface area (Å²) in [6.07, 6.45) is 1.47. The molecule has 0 amide bonds. The summed E-state index contributed by atoms with van der Waals surface area (Å²) in [7, 11) is -6.68. The molecule has 2 rings (SSSR count). The first-order valence-electron chi connectivity index (χ1n) is 7.88. The monoisotopic (exact) mass is 426 g/mol. The molecular formula is C17H18N2O7S2. The van der Waals surface area contributed by atoms with Gasteiger partial charge in [0.2, 0.25) is 10.0 Å². The molecule has 1 N–H and O–H groups in total. The molecule has 0 heterocycles. The molecule has 11 heteroatoms. The molecule has 0 unspecified atom stereocenters. The Balaban J connectivity index is 2.36. The fourth-order valence-corrected chi connectivity index (χ4v) is 4.05. The Morgan fingerprint density at radius 1 is 1.11 bits per heavy atom. The molecule has 0 spiro atoms. The van der Waals surface area contributed by atoms with Crippen LogP contribution in [0.3, 0.4) is 0 Å². The Kier molecular flexibility index (Phi) is 6.67. The van der Waals surface area contributed by atoms with Crippen LogP contribution in [0.2, 0.25) is 0 Å². The predicted octanol–water partition coefficient (Wildman–Crippen LogP) is 1.99. The number of benzene rings is 2. The van der Waals surface area contributed by atoms with E-state index in [1.807, 2.05) is 0 Å². The molecule has 0 aliphatic heterocycles. The maximum atomic E-state index is 12.1. The highest BCUT2D eigenvalue weighted by Crippen LogP contribution is 2.26. The Labute approximate surface area is 163 Å². The number of nitrogens with one attached hydrogen (secondary N) is 1. The number of rotatable bonds is 9. The van der Waals surface area contributed by atoms with E-state index >= 15 is 0 Å². The number of nitro benzene ring substituents is 1. The van der Waals surface area contributed by atoms with Crippen molar-refractivity contribution < 1.29 is 25.9 Å². The summed E-state index contributed by atoms with van der Waals surface area (Å²) < 4.78 is 54.2. The van der Waals surface area contributed by atoms with Crippen molar-refractivity contribution in [2.24, 2.45) is 0 Å². The molecule has 0 aliphatic carbocycles. The summed E-state index contributed by atoms with van der Waals surface area (Å²) in [4.78, 5) is 10.5. The Morgan fingerprint density at radius 3 is 2.25 bits per heavy atom. The lowest BCUT2D eigenvalue weighted by atomic mass is 10.0. The molecule has 0 fully saturated rings. The van der Waals surface area contributed by atoms with Gasteiger partial charge in [0, 0.05) is 24.6 Å². The maximum absolute atomic E-state index is 12.1. The van der Waals surface area contributed by atoms with E-state index in [1.165, 1.54) is 42.5 Å². The van der Waals surface area contributed by atoms with E-state index in [4.69, 9.17) is 0 Å². The summed E-state index contributed by atoms with van der Waals surface area (Å²) in [5.74, 6) is 0. The van der Waals surface area contributed by atoms with Gasteiger partial charge in [0.1, 0.15) is 0 Å². The van der Waals surface area contributed by atoms with Crippen molar-refractivity contribution in [2.75, 3.05) is 13.7 Å². The van der Waals surface area contributed by atoms with Crippen molar-refractivity contribution in [2.45, 2.75) is 16.2 Å². The molecule has 0 aromatic heterocycles. The van der Waals surface area contributed by atoms with Crippen LogP contribution < -0.4 is 4.72 Å². The van der Waals surface area contributed by atoms with Crippen LogP contribution in [-0.2, 0) is 30.7 Å². The number of hydrogen-bond acceptors (Lipinski definition) is 7. The highest BCUT2D eigenvalue weighted by atomic mass is 32.2. The standard InChI is InChI=1S/C17H18N2O7S2/c1-3-10-18-27(22,23)16-9-6-14(17(12-16)19(20)21)11-13-4-7-15(8-5-13)28(24,25)26-2/h3-9,12,18H,1,10-11H2,2H3. The van der Waals surface area contributed by atoms with Crippen LogP contribution in [0.1, 0.15) is 11.1 Å². The van der Waals surface area contributed by atoms with E-state index < -0.39 is 25.1 Å². The van der Waals surface area contributed by atoms with Crippen molar-refractivity contribution in [3.63, 3.8) is 0 Å². The SMILES string of the molecule is C=CCNS(=O)(=O)c1ccc(Cc2ccc(S(=O)(=O)OC)cc2)c([N+](=O)[O-])c1. The van der Waals surface area contributed by atoms with Gasteiger partial charge in [-0.15, -0.1) is 6.58 Å². The fourth-order valence-electron chi connectivity index (χ4n) is 2.37. The van der Waals surface area contributed by atoms with Gasteiger partial charge in [-0.05, 0) is 23.8 Å². The first-order valence-corrected chi connectivity index (χ1v) is 10.8. The van der Waals surface area contributed by atoms with E-state index in [1.54, 1.807) is 0 Å². The van der Waals surface area contributed by atoms with Crippen LogP contribution in [0.25, 0.3) is 0 Å². The van der Waals surface area contributed by atoms with Gasteiger partial charge in [-0.3, -0.25) is 14.3 Å². The first kappa shape index (κ1) is 21.7. The normalized spacial score (nSPS) is 11.9. The number of hydrogen-bond donors (Lipinski definition) is 1. The Morgan fingerprint density at radius 2 is 1.71 bits per heavy atom. The lowest BCUT2D eigenvalue weighted by Crippen LogP contribution is -2.23. The van der Waals surface area contributed by atoms with Gasteiger partial charge in [-0.25, -0.2) is 13.1 Å². The molecule has 28 heavy (non-hydrogen) atoms. The third-order valence-corrected chi connectivity index (χ3v) is 6.52. The van der Waals surface area contributed by atoms with Gasteiger partial charge in [0.15, 0.2) is 0 Å². The second-order valence-corrected chi connectivity index (χ2v) is 9.11. The van der Waals surface area contributed by atoms with Gasteiger partial charge in [0.05, 0.1) is 21.8 Å². The topological polar surface area (TPSA) is 133 Å². The zero-order valence-electron chi connectivity index (χ0n) is 14.9. The zero-order valence-corrected chi connectivity index (χ0v) is 16.5. The first-order chi connectivity index (χ1) is 13.1. The van der Waals surface area contributed by atoms with Crippen LogP contribution >= 0.6 is 0 Å². The molecular weight excluding hydrogens is 408 g/mol. The summed E-state index contributed by atoms with van der Waals surface area (Å²) in [5, 5.41) is 11.4. The summed E-state index contributed by atoms with van der Waals surface area (Å²) in [5.41, 5.74) is 0.545. The largest absolute Gasteiger partial charge is 0.296 e. The van der Waals surface area contributed by atoms with E-state index in [9.17, 15) is 26.9 Å². The van der Waals surface area contributed by atoms with E-state index in [2.05, 4.69) is 15.5 Å². The summed E-state index contributed by atoms with van der Waals surface area (Å²) >= 11 is 0. The van der Waals surface area contributed by atoms with Crippen molar-refractivity contribution in [3.8, 4) is 0 Å². The number of nitrogens with zero attached hydrogens (tertiary/aromatic N) is 1. The quantitative estimate of drug-likeness (QED) is 0.280. The Bertz CT molecular complexity index is 1090. The second-order valence-electron chi connectivity index (χ2n) is 5.63. The molecule has 0 radical (unpaired) electrons. The zero-order chi connectivity index (χ0) is 20.9. The minimum Gasteiger partial charge on any atom is -0.270 e. The second kappa shape index (κ2) is 8.61. The van der Waals surface area contributed by atoms with Crippen molar-refractivity contribution in [1.82, 2.24) is 4.72 Å². The lowest BCUT2D eigenvalue weighted by Gasteiger charge is -2.08. The smallest absolute Gasteiger partial charge is 0.270 e. The van der Waals surface area contributed by atoms with Crippen molar-refractivity contribution >= 4 is 25.8 Å². The van der Waals surface area contributed by atoms with E-state index in [0.717, 1.165) is 13.2 Å². The molecule has 0 bridgehead atoms. The van der Waals surface area contributed by atoms with Gasteiger partial charge >= 0.3 is 0 Å². The molecule has 0 atom stereocenters. The molecule has 0 saturated heterocycles. The van der Waals surface area contributed by atoms with Crippen molar-refractivity contribution in [3.05, 3.63) is 76.4 Å². The predicted molar refractivity (Wildman–Crippen MR) is 102 cm³/mol. The highest BCUT2D eigenvalue weighted by Gasteiger charge is 2.21. The molecule has 0 aliphatic rings. The minimum absolute atomic E-state index is 0.00534. The molecule has 9 nitrogen and oxygen atoms in total. The van der Waals surface area contributed by atoms with Crippen LogP contribution in [0.5, 0.6) is 0 Å². The fraction of sp³-hybridized carbons (Fsp3) is 0.176. The van der Waals surface area contributed by atoms with Crippen LogP contribution in [0, 0.1) is 10.1 Å². The molecule has 2 aromatic rings. The van der Waals surface area contributed by atoms with Gasteiger partial charge < -0.3 is 0 Å². The average Bonchev–Trinajstić information content (AvgIpc) is 2.67. The van der Waals surface area contributed by atoms with E-state index in [-0.39, 0.29) is 34.0 Å². The maximum Gasteiger partial charge on any atom is 0.296 e. The van der Waals surface area contributed by atoms with Gasteiger partial charge in [-0.1, -0.05) is 24.3 Å². The van der Waals surface area contributed by atoms with Gasteiger partial charge in [-0.2, -0.15) is 8.42 Å².